The predicted octanol–water partition coefficient (Wildman–Crippen LogP) is 2.87. The summed E-state index contributed by atoms with van der Waals surface area (Å²) in [4.78, 5) is 23.3. The Morgan fingerprint density at radius 3 is 2.41 bits per heavy atom. The summed E-state index contributed by atoms with van der Waals surface area (Å²) >= 11 is 5.82. The van der Waals surface area contributed by atoms with E-state index in [9.17, 15) is 9.59 Å². The number of esters is 1. The molecule has 2 rings (SSSR count). The van der Waals surface area contributed by atoms with Crippen LogP contribution in [0.4, 0.5) is 4.79 Å². The molecule has 2 amide bonds. The zero-order valence-electron chi connectivity index (χ0n) is 12.6. The van der Waals surface area contributed by atoms with Crippen molar-refractivity contribution in [3.63, 3.8) is 0 Å². The average Bonchev–Trinajstić information content (AvgIpc) is 2.54. The van der Waals surface area contributed by atoms with Gasteiger partial charge in [0.25, 0.3) is 0 Å². The van der Waals surface area contributed by atoms with Crippen molar-refractivity contribution < 1.29 is 14.3 Å². The maximum absolute atomic E-state index is 11.9. The molecule has 1 aromatic carbocycles. The summed E-state index contributed by atoms with van der Waals surface area (Å²) in [6.07, 6.45) is 3.12. The van der Waals surface area contributed by atoms with Crippen molar-refractivity contribution in [3.8, 4) is 0 Å². The molecule has 1 saturated carbocycles. The van der Waals surface area contributed by atoms with Crippen molar-refractivity contribution in [2.75, 3.05) is 7.11 Å². The van der Waals surface area contributed by atoms with Crippen LogP contribution in [0.1, 0.15) is 31.2 Å². The molecule has 0 spiro atoms. The number of nitrogens with one attached hydrogen (secondary N) is 2. The van der Waals surface area contributed by atoms with Gasteiger partial charge in [0.2, 0.25) is 0 Å². The topological polar surface area (TPSA) is 67.4 Å². The number of rotatable bonds is 4. The second kappa shape index (κ2) is 8.03. The highest BCUT2D eigenvalue weighted by Gasteiger charge is 2.27. The Morgan fingerprint density at radius 1 is 1.18 bits per heavy atom. The predicted molar refractivity (Wildman–Crippen MR) is 84.6 cm³/mol. The summed E-state index contributed by atoms with van der Waals surface area (Å²) in [5.41, 5.74) is 0.994. The molecule has 6 heteroatoms. The van der Waals surface area contributed by atoms with Crippen molar-refractivity contribution in [1.29, 1.82) is 0 Å². The molecule has 1 aromatic rings. The Labute approximate surface area is 135 Å². The first-order chi connectivity index (χ1) is 10.6. The Bertz CT molecular complexity index is 511. The van der Waals surface area contributed by atoms with Crippen molar-refractivity contribution in [1.82, 2.24) is 10.6 Å². The van der Waals surface area contributed by atoms with E-state index in [0.29, 0.717) is 11.6 Å². The molecule has 0 radical (unpaired) electrons. The van der Waals surface area contributed by atoms with Gasteiger partial charge in [0.05, 0.1) is 13.0 Å². The molecule has 0 atom stereocenters. The quantitative estimate of drug-likeness (QED) is 0.837. The van der Waals surface area contributed by atoms with Crippen LogP contribution in [0.2, 0.25) is 5.02 Å². The second-order valence-corrected chi connectivity index (χ2v) is 5.96. The van der Waals surface area contributed by atoms with Crippen LogP contribution < -0.4 is 10.6 Å². The van der Waals surface area contributed by atoms with E-state index in [0.717, 1.165) is 31.2 Å². The first kappa shape index (κ1) is 16.6. The first-order valence-electron chi connectivity index (χ1n) is 7.45. The normalized spacial score (nSPS) is 21.0. The summed E-state index contributed by atoms with van der Waals surface area (Å²) in [6, 6.07) is 7.28. The highest BCUT2D eigenvalue weighted by Crippen LogP contribution is 2.25. The zero-order chi connectivity index (χ0) is 15.9. The molecule has 1 aliphatic rings. The van der Waals surface area contributed by atoms with E-state index in [4.69, 9.17) is 16.3 Å². The second-order valence-electron chi connectivity index (χ2n) is 5.53. The molecule has 1 aliphatic carbocycles. The zero-order valence-corrected chi connectivity index (χ0v) is 13.4. The maximum Gasteiger partial charge on any atom is 0.315 e. The smallest absolute Gasteiger partial charge is 0.315 e. The SMILES string of the molecule is COC(=O)C1CCC(NC(=O)NCc2ccc(Cl)cc2)CC1. The lowest BCUT2D eigenvalue weighted by molar-refractivity contribution is -0.146. The van der Waals surface area contributed by atoms with Crippen molar-refractivity contribution in [3.05, 3.63) is 34.9 Å². The van der Waals surface area contributed by atoms with Gasteiger partial charge in [0.15, 0.2) is 0 Å². The van der Waals surface area contributed by atoms with Gasteiger partial charge in [0.1, 0.15) is 0 Å². The Hall–Kier alpha value is -1.75. The standard InChI is InChI=1S/C16H21ClN2O3/c1-22-15(20)12-4-8-14(9-5-12)19-16(21)18-10-11-2-6-13(17)7-3-11/h2-3,6-7,12,14H,4-5,8-10H2,1H3,(H2,18,19,21). The third-order valence-electron chi connectivity index (χ3n) is 3.96. The third-order valence-corrected chi connectivity index (χ3v) is 4.22. The van der Waals surface area contributed by atoms with E-state index in [1.807, 2.05) is 12.1 Å². The van der Waals surface area contributed by atoms with E-state index in [2.05, 4.69) is 10.6 Å². The van der Waals surface area contributed by atoms with Crippen LogP contribution in [0.3, 0.4) is 0 Å². The Morgan fingerprint density at radius 2 is 1.82 bits per heavy atom. The van der Waals surface area contributed by atoms with Gasteiger partial charge < -0.3 is 15.4 Å². The van der Waals surface area contributed by atoms with Gasteiger partial charge >= 0.3 is 12.0 Å². The lowest BCUT2D eigenvalue weighted by Crippen LogP contribution is -2.44. The fourth-order valence-corrected chi connectivity index (χ4v) is 2.79. The number of hydrogen-bond donors (Lipinski definition) is 2. The molecule has 1 fully saturated rings. The number of carbonyl (C=O) groups is 2. The molecule has 0 saturated heterocycles. The molecule has 5 nitrogen and oxygen atoms in total. The largest absolute Gasteiger partial charge is 0.469 e. The highest BCUT2D eigenvalue weighted by atomic mass is 35.5. The molecule has 0 unspecified atom stereocenters. The van der Waals surface area contributed by atoms with E-state index < -0.39 is 0 Å². The van der Waals surface area contributed by atoms with Gasteiger partial charge in [-0.1, -0.05) is 23.7 Å². The van der Waals surface area contributed by atoms with Crippen molar-refractivity contribution in [2.45, 2.75) is 38.3 Å². The van der Waals surface area contributed by atoms with E-state index in [-0.39, 0.29) is 24.0 Å². The molecule has 0 aliphatic heterocycles. The lowest BCUT2D eigenvalue weighted by atomic mass is 9.86. The summed E-state index contributed by atoms with van der Waals surface area (Å²) < 4.78 is 4.75. The molecular weight excluding hydrogens is 304 g/mol. The van der Waals surface area contributed by atoms with Gasteiger partial charge in [0, 0.05) is 17.6 Å². The van der Waals surface area contributed by atoms with Crippen molar-refractivity contribution in [2.24, 2.45) is 5.92 Å². The number of methoxy groups -OCH3 is 1. The van der Waals surface area contributed by atoms with E-state index >= 15 is 0 Å². The number of ether oxygens (including phenoxy) is 1. The van der Waals surface area contributed by atoms with Crippen LogP contribution in [0, 0.1) is 5.92 Å². The minimum atomic E-state index is -0.184. The van der Waals surface area contributed by atoms with Gasteiger partial charge in [-0.2, -0.15) is 0 Å². The lowest BCUT2D eigenvalue weighted by Gasteiger charge is -2.27. The Kier molecular flexibility index (Phi) is 6.07. The van der Waals surface area contributed by atoms with Crippen LogP contribution in [-0.2, 0) is 16.1 Å². The van der Waals surface area contributed by atoms with Crippen LogP contribution in [0.15, 0.2) is 24.3 Å². The summed E-state index contributed by atoms with van der Waals surface area (Å²) in [6.45, 7) is 0.459. The summed E-state index contributed by atoms with van der Waals surface area (Å²) in [7, 11) is 1.41. The molecule has 0 aromatic heterocycles. The van der Waals surface area contributed by atoms with Gasteiger partial charge in [-0.25, -0.2) is 4.79 Å². The molecule has 120 valence electrons. The molecule has 2 N–H and O–H groups in total. The number of amides is 2. The van der Waals surface area contributed by atoms with Crippen LogP contribution in [-0.4, -0.2) is 25.2 Å². The average molecular weight is 325 g/mol. The molecular formula is C16H21ClN2O3. The monoisotopic (exact) mass is 324 g/mol. The summed E-state index contributed by atoms with van der Waals surface area (Å²) in [5, 5.41) is 6.45. The fraction of sp³-hybridized carbons (Fsp3) is 0.500. The minimum Gasteiger partial charge on any atom is -0.469 e. The van der Waals surface area contributed by atoms with Gasteiger partial charge in [-0.15, -0.1) is 0 Å². The number of urea groups is 1. The number of benzene rings is 1. The van der Waals surface area contributed by atoms with Crippen LogP contribution in [0.5, 0.6) is 0 Å². The van der Waals surface area contributed by atoms with Crippen LogP contribution >= 0.6 is 11.6 Å². The first-order valence-corrected chi connectivity index (χ1v) is 7.83. The highest BCUT2D eigenvalue weighted by molar-refractivity contribution is 6.30. The van der Waals surface area contributed by atoms with Crippen LogP contribution in [0.25, 0.3) is 0 Å². The number of hydrogen-bond acceptors (Lipinski definition) is 3. The number of carbonyl (C=O) groups excluding carboxylic acids is 2. The van der Waals surface area contributed by atoms with Gasteiger partial charge in [-0.05, 0) is 43.4 Å². The minimum absolute atomic E-state index is 0.0276. The molecule has 0 heterocycles. The molecule has 22 heavy (non-hydrogen) atoms. The summed E-state index contributed by atoms with van der Waals surface area (Å²) in [5.74, 6) is -0.175. The Balaban J connectivity index is 1.69. The van der Waals surface area contributed by atoms with E-state index in [1.54, 1.807) is 12.1 Å². The third kappa shape index (κ3) is 4.91. The van der Waals surface area contributed by atoms with Gasteiger partial charge in [-0.3, -0.25) is 4.79 Å². The molecule has 0 bridgehead atoms. The van der Waals surface area contributed by atoms with Crippen molar-refractivity contribution >= 4 is 23.6 Å². The van der Waals surface area contributed by atoms with E-state index in [1.165, 1.54) is 7.11 Å². The number of halogens is 1. The maximum atomic E-state index is 11.9. The fourth-order valence-electron chi connectivity index (χ4n) is 2.66.